The van der Waals surface area contributed by atoms with Crippen molar-refractivity contribution in [3.8, 4) is 11.3 Å². The van der Waals surface area contributed by atoms with Crippen molar-refractivity contribution in [3.63, 3.8) is 0 Å². The van der Waals surface area contributed by atoms with Gasteiger partial charge in [0.05, 0.1) is 18.6 Å². The summed E-state index contributed by atoms with van der Waals surface area (Å²) in [5.41, 5.74) is 1.82. The smallest absolute Gasteiger partial charge is 0.243 e. The number of hydrogen-bond acceptors (Lipinski definition) is 6. The number of anilines is 1. The molecule has 4 heterocycles. The first kappa shape index (κ1) is 13.2. The Kier molecular flexibility index (Phi) is 3.04. The van der Waals surface area contributed by atoms with Gasteiger partial charge in [0.25, 0.3) is 0 Å². The summed E-state index contributed by atoms with van der Waals surface area (Å²) in [5.74, 6) is 0.145. The van der Waals surface area contributed by atoms with E-state index in [1.54, 1.807) is 16.9 Å². The number of nitrogens with zero attached hydrogens (tertiary/aromatic N) is 6. The van der Waals surface area contributed by atoms with Gasteiger partial charge in [-0.05, 0) is 19.1 Å². The van der Waals surface area contributed by atoms with E-state index in [4.69, 9.17) is 0 Å². The van der Waals surface area contributed by atoms with Crippen LogP contribution in [0, 0.1) is 0 Å². The first-order valence-corrected chi connectivity index (χ1v) is 7.85. The lowest BCUT2D eigenvalue weighted by atomic mass is 10.2. The van der Waals surface area contributed by atoms with Crippen LogP contribution >= 0.6 is 11.3 Å². The number of rotatable bonds is 3. The first-order valence-electron chi connectivity index (χ1n) is 7.04. The van der Waals surface area contributed by atoms with Gasteiger partial charge in [0.1, 0.15) is 6.54 Å². The van der Waals surface area contributed by atoms with Gasteiger partial charge in [0.2, 0.25) is 16.0 Å². The van der Waals surface area contributed by atoms with Gasteiger partial charge in [0.15, 0.2) is 0 Å². The second-order valence-electron chi connectivity index (χ2n) is 5.07. The van der Waals surface area contributed by atoms with Gasteiger partial charge in [-0.25, -0.2) is 9.50 Å². The van der Waals surface area contributed by atoms with Crippen LogP contribution in [0.3, 0.4) is 0 Å². The lowest BCUT2D eigenvalue weighted by Gasteiger charge is -2.14. The molecule has 0 spiro atoms. The predicted molar refractivity (Wildman–Crippen MR) is 83.7 cm³/mol. The number of aromatic nitrogens is 4. The summed E-state index contributed by atoms with van der Waals surface area (Å²) in [5, 5.41) is 5.37. The van der Waals surface area contributed by atoms with Gasteiger partial charge in [-0.2, -0.15) is 0 Å². The van der Waals surface area contributed by atoms with Crippen molar-refractivity contribution in [1.82, 2.24) is 24.5 Å². The highest BCUT2D eigenvalue weighted by Gasteiger charge is 2.28. The third-order valence-corrected chi connectivity index (χ3v) is 4.65. The van der Waals surface area contributed by atoms with Crippen LogP contribution < -0.4 is 4.90 Å². The fourth-order valence-corrected chi connectivity index (χ4v) is 3.35. The SMILES string of the molecule is CCN1CN(c2nn3cc(-c4cccnc4)nc3s2)CC1=O. The molecule has 4 rings (SSSR count). The standard InChI is InChI=1S/C14H14N6OS/c1-2-18-9-19(8-12(18)21)14-17-20-7-11(16-13(20)22-14)10-4-3-5-15-6-10/h3-7H,2,8-9H2,1H3. The van der Waals surface area contributed by atoms with Crippen LogP contribution in [-0.4, -0.2) is 50.1 Å². The van der Waals surface area contributed by atoms with Crippen LogP contribution in [-0.2, 0) is 4.79 Å². The van der Waals surface area contributed by atoms with Crippen LogP contribution in [0.4, 0.5) is 5.13 Å². The highest BCUT2D eigenvalue weighted by Crippen LogP contribution is 2.27. The minimum Gasteiger partial charge on any atom is -0.324 e. The van der Waals surface area contributed by atoms with E-state index < -0.39 is 0 Å². The molecule has 0 aromatic carbocycles. The van der Waals surface area contributed by atoms with Crippen molar-refractivity contribution < 1.29 is 4.79 Å². The first-order chi connectivity index (χ1) is 10.7. The van der Waals surface area contributed by atoms with E-state index in [0.29, 0.717) is 13.2 Å². The molecule has 112 valence electrons. The number of amides is 1. The fraction of sp³-hybridized carbons (Fsp3) is 0.286. The molecule has 1 saturated heterocycles. The third-order valence-electron chi connectivity index (χ3n) is 3.66. The number of carbonyl (C=O) groups is 1. The monoisotopic (exact) mass is 314 g/mol. The molecule has 0 aliphatic carbocycles. The molecule has 0 atom stereocenters. The molecule has 0 bridgehead atoms. The van der Waals surface area contributed by atoms with Crippen molar-refractivity contribution >= 4 is 27.3 Å². The number of pyridine rings is 1. The molecule has 3 aromatic heterocycles. The van der Waals surface area contributed by atoms with E-state index in [1.807, 2.05) is 35.1 Å². The molecule has 1 amide bonds. The average Bonchev–Trinajstić information content (AvgIpc) is 3.20. The van der Waals surface area contributed by atoms with Crippen LogP contribution in [0.2, 0.25) is 0 Å². The molecular weight excluding hydrogens is 300 g/mol. The molecule has 8 heteroatoms. The van der Waals surface area contributed by atoms with E-state index in [1.165, 1.54) is 11.3 Å². The lowest BCUT2D eigenvalue weighted by Crippen LogP contribution is -2.26. The number of hydrogen-bond donors (Lipinski definition) is 0. The maximum absolute atomic E-state index is 11.8. The number of imidazole rings is 1. The Morgan fingerprint density at radius 2 is 2.32 bits per heavy atom. The van der Waals surface area contributed by atoms with Crippen molar-refractivity contribution in [2.24, 2.45) is 0 Å². The van der Waals surface area contributed by atoms with Crippen molar-refractivity contribution in [3.05, 3.63) is 30.7 Å². The Bertz CT molecular complexity index is 795. The molecule has 0 saturated carbocycles. The molecule has 0 radical (unpaired) electrons. The minimum absolute atomic E-state index is 0.145. The highest BCUT2D eigenvalue weighted by molar-refractivity contribution is 7.20. The van der Waals surface area contributed by atoms with Gasteiger partial charge < -0.3 is 9.80 Å². The quantitative estimate of drug-likeness (QED) is 0.732. The maximum atomic E-state index is 11.8. The molecule has 3 aromatic rings. The van der Waals surface area contributed by atoms with E-state index in [2.05, 4.69) is 15.1 Å². The zero-order chi connectivity index (χ0) is 15.1. The topological polar surface area (TPSA) is 66.6 Å². The molecule has 1 fully saturated rings. The molecule has 0 N–H and O–H groups in total. The molecule has 22 heavy (non-hydrogen) atoms. The average molecular weight is 314 g/mol. The predicted octanol–water partition coefficient (Wildman–Crippen LogP) is 1.48. The van der Waals surface area contributed by atoms with Crippen LogP contribution in [0.1, 0.15) is 6.92 Å². The Labute approximate surface area is 130 Å². The van der Waals surface area contributed by atoms with Gasteiger partial charge >= 0.3 is 0 Å². The summed E-state index contributed by atoms with van der Waals surface area (Å²) in [4.78, 5) is 25.1. The number of carbonyl (C=O) groups excluding carboxylic acids is 1. The van der Waals surface area contributed by atoms with Crippen LogP contribution in [0.5, 0.6) is 0 Å². The second-order valence-corrected chi connectivity index (χ2v) is 6.00. The second kappa shape index (κ2) is 5.06. The van der Waals surface area contributed by atoms with Gasteiger partial charge in [-0.1, -0.05) is 11.3 Å². The van der Waals surface area contributed by atoms with Crippen molar-refractivity contribution in [1.29, 1.82) is 0 Å². The number of likely N-dealkylation sites (N-methyl/N-ethyl adjacent to an activating group) is 1. The van der Waals surface area contributed by atoms with E-state index in [9.17, 15) is 4.79 Å². The normalized spacial score (nSPS) is 15.2. The van der Waals surface area contributed by atoms with Gasteiger partial charge in [-0.3, -0.25) is 9.78 Å². The molecule has 7 nitrogen and oxygen atoms in total. The van der Waals surface area contributed by atoms with E-state index in [-0.39, 0.29) is 5.91 Å². The van der Waals surface area contributed by atoms with E-state index in [0.717, 1.165) is 27.9 Å². The molecular formula is C14H14N6OS. The lowest BCUT2D eigenvalue weighted by molar-refractivity contribution is -0.126. The summed E-state index contributed by atoms with van der Waals surface area (Å²) >= 11 is 1.49. The summed E-state index contributed by atoms with van der Waals surface area (Å²) in [6, 6.07) is 3.86. The molecule has 1 aliphatic heterocycles. The maximum Gasteiger partial charge on any atom is 0.243 e. The number of fused-ring (bicyclic) bond motifs is 1. The summed E-state index contributed by atoms with van der Waals surface area (Å²) < 4.78 is 1.77. The summed E-state index contributed by atoms with van der Waals surface area (Å²) in [6.45, 7) is 3.70. The molecule has 1 aliphatic rings. The zero-order valence-electron chi connectivity index (χ0n) is 12.0. The fourth-order valence-electron chi connectivity index (χ4n) is 2.47. The summed E-state index contributed by atoms with van der Waals surface area (Å²) in [6.07, 6.45) is 5.41. The Hall–Kier alpha value is -2.48. The molecule has 0 unspecified atom stereocenters. The Morgan fingerprint density at radius 1 is 1.41 bits per heavy atom. The zero-order valence-corrected chi connectivity index (χ0v) is 12.8. The largest absolute Gasteiger partial charge is 0.324 e. The minimum atomic E-state index is 0.145. The van der Waals surface area contributed by atoms with Crippen molar-refractivity contribution in [2.45, 2.75) is 6.92 Å². The van der Waals surface area contributed by atoms with Crippen LogP contribution in [0.25, 0.3) is 16.2 Å². The van der Waals surface area contributed by atoms with E-state index >= 15 is 0 Å². The Balaban J connectivity index is 1.63. The van der Waals surface area contributed by atoms with Gasteiger partial charge in [-0.15, -0.1) is 5.10 Å². The van der Waals surface area contributed by atoms with Gasteiger partial charge in [0, 0.05) is 24.5 Å². The summed E-state index contributed by atoms with van der Waals surface area (Å²) in [7, 11) is 0. The Morgan fingerprint density at radius 3 is 3.00 bits per heavy atom. The van der Waals surface area contributed by atoms with Crippen LogP contribution in [0.15, 0.2) is 30.7 Å². The van der Waals surface area contributed by atoms with Crippen molar-refractivity contribution in [2.75, 3.05) is 24.7 Å². The highest BCUT2D eigenvalue weighted by atomic mass is 32.1. The third kappa shape index (κ3) is 2.12.